The number of piperidine rings is 1. The fourth-order valence-electron chi connectivity index (χ4n) is 4.97. The van der Waals surface area contributed by atoms with Gasteiger partial charge in [0.2, 0.25) is 11.8 Å². The van der Waals surface area contributed by atoms with Crippen LogP contribution in [0.25, 0.3) is 17.2 Å². The number of aliphatic carboxylic acids is 1. The van der Waals surface area contributed by atoms with Crippen LogP contribution in [0, 0.1) is 12.8 Å². The summed E-state index contributed by atoms with van der Waals surface area (Å²) in [6.07, 6.45) is 3.83. The van der Waals surface area contributed by atoms with Gasteiger partial charge in [-0.1, -0.05) is 42.5 Å². The summed E-state index contributed by atoms with van der Waals surface area (Å²) in [4.78, 5) is 40.2. The van der Waals surface area contributed by atoms with Gasteiger partial charge in [-0.2, -0.15) is 0 Å². The first-order chi connectivity index (χ1) is 18.7. The number of aryl methyl sites for hydroxylation is 1. The van der Waals surface area contributed by atoms with Gasteiger partial charge in [-0.05, 0) is 77.9 Å². The molecule has 4 rings (SSSR count). The standard InChI is InChI=1S/C32H34N2O5/c1-22-19-28(12-13-30(22)39-3)26-10-7-25(8-11-26)21-34(29-6-4-5-24(20-29)9-14-31(36)37)32(38)27-15-17-33(18-16-27)23(2)35/h4-14,19-20,27H,15-18,21H2,1-3H3,(H,36,37). The van der Waals surface area contributed by atoms with Crippen molar-refractivity contribution in [3.63, 3.8) is 0 Å². The number of nitrogens with zero attached hydrogens (tertiary/aromatic N) is 2. The first-order valence-electron chi connectivity index (χ1n) is 13.1. The van der Waals surface area contributed by atoms with Crippen molar-refractivity contribution in [1.82, 2.24) is 4.90 Å². The van der Waals surface area contributed by atoms with E-state index in [1.54, 1.807) is 23.8 Å². The number of hydrogen-bond acceptors (Lipinski definition) is 4. The van der Waals surface area contributed by atoms with Gasteiger partial charge < -0.3 is 19.6 Å². The molecule has 0 unspecified atom stereocenters. The van der Waals surface area contributed by atoms with Crippen LogP contribution < -0.4 is 9.64 Å². The summed E-state index contributed by atoms with van der Waals surface area (Å²) in [7, 11) is 1.66. The molecule has 1 fully saturated rings. The van der Waals surface area contributed by atoms with Crippen LogP contribution in [0.15, 0.2) is 72.8 Å². The average Bonchev–Trinajstić information content (AvgIpc) is 2.95. The normalized spacial score (nSPS) is 13.9. The van der Waals surface area contributed by atoms with E-state index < -0.39 is 5.97 Å². The van der Waals surface area contributed by atoms with Crippen LogP contribution >= 0.6 is 0 Å². The largest absolute Gasteiger partial charge is 0.496 e. The Labute approximate surface area is 229 Å². The maximum Gasteiger partial charge on any atom is 0.328 e. The Bertz CT molecular complexity index is 1370. The topological polar surface area (TPSA) is 87.2 Å². The van der Waals surface area contributed by atoms with Crippen LogP contribution in [-0.2, 0) is 20.9 Å². The minimum absolute atomic E-state index is 0.00687. The zero-order valence-corrected chi connectivity index (χ0v) is 22.6. The molecule has 0 spiro atoms. The summed E-state index contributed by atoms with van der Waals surface area (Å²) in [5, 5.41) is 9.03. The molecular formula is C32H34N2O5. The van der Waals surface area contributed by atoms with Gasteiger partial charge in [0, 0.05) is 37.7 Å². The lowest BCUT2D eigenvalue weighted by Crippen LogP contribution is -2.43. The molecule has 1 saturated heterocycles. The van der Waals surface area contributed by atoms with Gasteiger partial charge in [-0.25, -0.2) is 4.79 Å². The molecule has 0 aliphatic carbocycles. The Morgan fingerprint density at radius 2 is 1.69 bits per heavy atom. The highest BCUT2D eigenvalue weighted by molar-refractivity contribution is 5.95. The van der Waals surface area contributed by atoms with Crippen molar-refractivity contribution in [2.24, 2.45) is 5.92 Å². The number of methoxy groups -OCH3 is 1. The first-order valence-corrected chi connectivity index (χ1v) is 13.1. The molecule has 3 aromatic rings. The van der Waals surface area contributed by atoms with Gasteiger partial charge in [0.15, 0.2) is 0 Å². The number of anilines is 1. The number of amides is 2. The molecule has 0 aromatic heterocycles. The van der Waals surface area contributed by atoms with E-state index in [-0.39, 0.29) is 17.7 Å². The van der Waals surface area contributed by atoms with Crippen LogP contribution in [0.2, 0.25) is 0 Å². The lowest BCUT2D eigenvalue weighted by molar-refractivity contribution is -0.133. The number of carbonyl (C=O) groups excluding carboxylic acids is 2. The van der Waals surface area contributed by atoms with Crippen molar-refractivity contribution in [1.29, 1.82) is 0 Å². The highest BCUT2D eigenvalue weighted by Crippen LogP contribution is 2.29. The van der Waals surface area contributed by atoms with E-state index in [1.807, 2.05) is 55.5 Å². The predicted molar refractivity (Wildman–Crippen MR) is 152 cm³/mol. The second-order valence-electron chi connectivity index (χ2n) is 9.85. The van der Waals surface area contributed by atoms with Crippen LogP contribution in [0.4, 0.5) is 5.69 Å². The molecule has 7 heteroatoms. The van der Waals surface area contributed by atoms with Crippen LogP contribution in [0.1, 0.15) is 36.5 Å². The quantitative estimate of drug-likeness (QED) is 0.389. The third kappa shape index (κ3) is 6.93. The smallest absolute Gasteiger partial charge is 0.328 e. The lowest BCUT2D eigenvalue weighted by Gasteiger charge is -2.34. The van der Waals surface area contributed by atoms with Crippen LogP contribution in [0.3, 0.4) is 0 Å². The number of carboxylic acid groups (broad SMARTS) is 1. The number of carboxylic acids is 1. The monoisotopic (exact) mass is 526 g/mol. The second-order valence-corrected chi connectivity index (χ2v) is 9.85. The number of rotatable bonds is 8. The molecule has 0 radical (unpaired) electrons. The van der Waals surface area contributed by atoms with Crippen molar-refractivity contribution in [2.75, 3.05) is 25.1 Å². The van der Waals surface area contributed by atoms with E-state index in [0.29, 0.717) is 43.7 Å². The number of hydrogen-bond donors (Lipinski definition) is 1. The first kappa shape index (κ1) is 27.6. The molecule has 39 heavy (non-hydrogen) atoms. The number of carbonyl (C=O) groups is 3. The highest BCUT2D eigenvalue weighted by atomic mass is 16.5. The SMILES string of the molecule is COc1ccc(-c2ccc(CN(C(=O)C3CCN(C(C)=O)CC3)c3cccc(C=CC(=O)O)c3)cc2)cc1C. The summed E-state index contributed by atoms with van der Waals surface area (Å²) in [5.41, 5.74) is 5.59. The summed E-state index contributed by atoms with van der Waals surface area (Å²) in [6, 6.07) is 21.6. The van der Waals surface area contributed by atoms with Gasteiger partial charge in [-0.3, -0.25) is 9.59 Å². The van der Waals surface area contributed by atoms with Gasteiger partial charge in [0.25, 0.3) is 0 Å². The predicted octanol–water partition coefficient (Wildman–Crippen LogP) is 5.56. The Morgan fingerprint density at radius 1 is 1.00 bits per heavy atom. The van der Waals surface area contributed by atoms with Crippen molar-refractivity contribution in [3.05, 3.63) is 89.5 Å². The van der Waals surface area contributed by atoms with E-state index in [9.17, 15) is 14.4 Å². The van der Waals surface area contributed by atoms with Gasteiger partial charge >= 0.3 is 5.97 Å². The molecule has 202 valence electrons. The molecule has 0 saturated carbocycles. The summed E-state index contributed by atoms with van der Waals surface area (Å²) in [6.45, 7) is 5.08. The van der Waals surface area contributed by atoms with Gasteiger partial charge in [0.1, 0.15) is 5.75 Å². The molecular weight excluding hydrogens is 492 g/mol. The van der Waals surface area contributed by atoms with E-state index in [1.165, 1.54) is 6.08 Å². The van der Waals surface area contributed by atoms with Crippen LogP contribution in [0.5, 0.6) is 5.75 Å². The van der Waals surface area contributed by atoms with E-state index >= 15 is 0 Å². The fraction of sp³-hybridized carbons (Fsp3) is 0.281. The highest BCUT2D eigenvalue weighted by Gasteiger charge is 2.30. The molecule has 7 nitrogen and oxygen atoms in total. The van der Waals surface area contributed by atoms with Crippen molar-refractivity contribution < 1.29 is 24.2 Å². The van der Waals surface area contributed by atoms with Gasteiger partial charge in [0.05, 0.1) is 13.7 Å². The van der Waals surface area contributed by atoms with E-state index in [4.69, 9.17) is 9.84 Å². The van der Waals surface area contributed by atoms with Gasteiger partial charge in [-0.15, -0.1) is 0 Å². The van der Waals surface area contributed by atoms with Crippen molar-refractivity contribution in [3.8, 4) is 16.9 Å². The third-order valence-electron chi connectivity index (χ3n) is 7.18. The molecule has 0 bridgehead atoms. The number of ether oxygens (including phenoxy) is 1. The van der Waals surface area contributed by atoms with Crippen LogP contribution in [-0.4, -0.2) is 48.0 Å². The number of benzene rings is 3. The van der Waals surface area contributed by atoms with E-state index in [2.05, 4.69) is 18.2 Å². The Morgan fingerprint density at radius 3 is 2.31 bits per heavy atom. The molecule has 2 amide bonds. The third-order valence-corrected chi connectivity index (χ3v) is 7.18. The van der Waals surface area contributed by atoms with Crippen molar-refractivity contribution in [2.45, 2.75) is 33.2 Å². The second kappa shape index (κ2) is 12.4. The minimum Gasteiger partial charge on any atom is -0.496 e. The molecule has 1 heterocycles. The average molecular weight is 527 g/mol. The van der Waals surface area contributed by atoms with Crippen molar-refractivity contribution >= 4 is 29.5 Å². The Kier molecular flexibility index (Phi) is 8.81. The minimum atomic E-state index is -1.03. The maximum atomic E-state index is 13.8. The summed E-state index contributed by atoms with van der Waals surface area (Å²) >= 11 is 0. The molecule has 3 aromatic carbocycles. The maximum absolute atomic E-state index is 13.8. The lowest BCUT2D eigenvalue weighted by atomic mass is 9.94. The molecule has 1 aliphatic rings. The van der Waals surface area contributed by atoms with E-state index in [0.717, 1.165) is 34.1 Å². The Hall–Kier alpha value is -4.39. The molecule has 1 N–H and O–H groups in total. The summed E-state index contributed by atoms with van der Waals surface area (Å²) in [5.74, 6) is -0.340. The zero-order chi connectivity index (χ0) is 27.9. The zero-order valence-electron chi connectivity index (χ0n) is 22.6. The fourth-order valence-corrected chi connectivity index (χ4v) is 4.97. The summed E-state index contributed by atoms with van der Waals surface area (Å²) < 4.78 is 5.38. The molecule has 1 aliphatic heterocycles. The molecule has 0 atom stereocenters. The number of likely N-dealkylation sites (tertiary alicyclic amines) is 1. The Balaban J connectivity index is 1.60.